The number of likely N-dealkylation sites (N-methyl/N-ethyl adjacent to an activating group) is 1. The van der Waals surface area contributed by atoms with E-state index in [1.54, 1.807) is 0 Å². The lowest BCUT2D eigenvalue weighted by molar-refractivity contribution is -0.0647. The maximum Gasteiger partial charge on any atom is 0.0357 e. The van der Waals surface area contributed by atoms with Gasteiger partial charge in [0, 0.05) is 69.5 Å². The molecule has 0 aliphatic carbocycles. The van der Waals surface area contributed by atoms with Crippen molar-refractivity contribution in [2.75, 3.05) is 46.3 Å². The first-order valence-electron chi connectivity index (χ1n) is 8.56. The highest BCUT2D eigenvalue weighted by atomic mass is 15.4. The van der Waals surface area contributed by atoms with E-state index in [-0.39, 0.29) is 0 Å². The van der Waals surface area contributed by atoms with Gasteiger partial charge in [0.15, 0.2) is 0 Å². The van der Waals surface area contributed by atoms with Crippen LogP contribution < -0.4 is 0 Å². The van der Waals surface area contributed by atoms with Crippen LogP contribution in [0, 0.1) is 0 Å². The Morgan fingerprint density at radius 2 is 1.35 bits per heavy atom. The summed E-state index contributed by atoms with van der Waals surface area (Å²) in [6.07, 6.45) is 2.89. The first-order chi connectivity index (χ1) is 9.61. The summed E-state index contributed by atoms with van der Waals surface area (Å²) in [5.74, 6) is 0. The normalized spacial score (nSPS) is 38.4. The molecule has 4 nitrogen and oxygen atoms in total. The lowest BCUT2D eigenvalue weighted by Crippen LogP contribution is -2.70. The summed E-state index contributed by atoms with van der Waals surface area (Å²) < 4.78 is 0. The molecule has 4 heteroatoms. The molecule has 114 valence electrons. The first-order valence-corrected chi connectivity index (χ1v) is 8.56. The van der Waals surface area contributed by atoms with Crippen LogP contribution in [0.2, 0.25) is 0 Å². The maximum absolute atomic E-state index is 2.90. The standard InChI is InChI=1S/C16H30N4/c1-12(2)18-10-15(11-18)19-8-13-4-5-14(9-19)20(13)16-6-17(3)7-16/h12-16H,4-11H2,1-3H3. The quantitative estimate of drug-likeness (QED) is 0.747. The molecule has 0 saturated carbocycles. The van der Waals surface area contributed by atoms with Crippen molar-refractivity contribution in [3.8, 4) is 0 Å². The van der Waals surface area contributed by atoms with Crippen LogP contribution in [0.25, 0.3) is 0 Å². The molecule has 2 unspecified atom stereocenters. The number of hydrogen-bond donors (Lipinski definition) is 0. The van der Waals surface area contributed by atoms with Gasteiger partial charge < -0.3 is 4.90 Å². The molecule has 4 aliphatic heterocycles. The SMILES string of the molecule is CC(C)N1CC(N2CC3CCC(C2)N3C2CN(C)C2)C1. The Morgan fingerprint density at radius 3 is 1.85 bits per heavy atom. The Morgan fingerprint density at radius 1 is 0.750 bits per heavy atom. The molecule has 4 heterocycles. The number of rotatable bonds is 3. The summed E-state index contributed by atoms with van der Waals surface area (Å²) in [4.78, 5) is 10.8. The molecule has 20 heavy (non-hydrogen) atoms. The Balaban J connectivity index is 1.34. The van der Waals surface area contributed by atoms with Gasteiger partial charge in [0.1, 0.15) is 0 Å². The highest BCUT2D eigenvalue weighted by Crippen LogP contribution is 2.36. The summed E-state index contributed by atoms with van der Waals surface area (Å²) >= 11 is 0. The van der Waals surface area contributed by atoms with Crippen LogP contribution in [0.5, 0.6) is 0 Å². The summed E-state index contributed by atoms with van der Waals surface area (Å²) in [7, 11) is 2.25. The van der Waals surface area contributed by atoms with Crippen LogP contribution in [0.15, 0.2) is 0 Å². The molecule has 4 fully saturated rings. The summed E-state index contributed by atoms with van der Waals surface area (Å²) in [5.41, 5.74) is 0. The Kier molecular flexibility index (Phi) is 3.33. The molecule has 0 spiro atoms. The molecule has 0 aromatic rings. The smallest absolute Gasteiger partial charge is 0.0357 e. The molecule has 4 saturated heterocycles. The molecule has 4 aliphatic rings. The predicted molar refractivity (Wildman–Crippen MR) is 82.0 cm³/mol. The first kappa shape index (κ1) is 13.5. The fourth-order valence-corrected chi connectivity index (χ4v) is 4.86. The minimum Gasteiger partial charge on any atom is -0.303 e. The van der Waals surface area contributed by atoms with E-state index in [0.29, 0.717) is 0 Å². The van der Waals surface area contributed by atoms with Crippen molar-refractivity contribution in [1.29, 1.82) is 0 Å². The summed E-state index contributed by atoms with van der Waals surface area (Å²) in [5, 5.41) is 0. The number of likely N-dealkylation sites (tertiary alicyclic amines) is 3. The summed E-state index contributed by atoms with van der Waals surface area (Å²) in [6, 6.07) is 4.18. The van der Waals surface area contributed by atoms with Gasteiger partial charge in [-0.1, -0.05) is 0 Å². The van der Waals surface area contributed by atoms with Gasteiger partial charge in [-0.15, -0.1) is 0 Å². The van der Waals surface area contributed by atoms with Gasteiger partial charge in [0.05, 0.1) is 0 Å². The van der Waals surface area contributed by atoms with Crippen molar-refractivity contribution >= 4 is 0 Å². The van der Waals surface area contributed by atoms with Crippen LogP contribution in [-0.2, 0) is 0 Å². The molecule has 0 aromatic heterocycles. The van der Waals surface area contributed by atoms with E-state index in [1.807, 2.05) is 0 Å². The third kappa shape index (κ3) is 2.12. The highest BCUT2D eigenvalue weighted by Gasteiger charge is 2.48. The van der Waals surface area contributed by atoms with E-state index in [2.05, 4.69) is 40.5 Å². The average molecular weight is 278 g/mol. The number of hydrogen-bond acceptors (Lipinski definition) is 4. The fraction of sp³-hybridized carbons (Fsp3) is 1.00. The average Bonchev–Trinajstić information content (AvgIpc) is 2.53. The second-order valence-electron chi connectivity index (χ2n) is 7.86. The van der Waals surface area contributed by atoms with Gasteiger partial charge in [0.25, 0.3) is 0 Å². The molecule has 0 amide bonds. The van der Waals surface area contributed by atoms with E-state index in [1.165, 1.54) is 52.1 Å². The van der Waals surface area contributed by atoms with E-state index < -0.39 is 0 Å². The topological polar surface area (TPSA) is 13.0 Å². The molecule has 0 radical (unpaired) electrons. The van der Waals surface area contributed by atoms with Crippen LogP contribution in [0.3, 0.4) is 0 Å². The summed E-state index contributed by atoms with van der Waals surface area (Å²) in [6.45, 7) is 12.6. The third-order valence-electron chi connectivity index (χ3n) is 6.17. The zero-order valence-corrected chi connectivity index (χ0v) is 13.3. The van der Waals surface area contributed by atoms with Crippen LogP contribution >= 0.6 is 0 Å². The second kappa shape index (κ2) is 4.94. The maximum atomic E-state index is 2.90. The number of piperazine rings is 1. The molecule has 2 bridgehead atoms. The van der Waals surface area contributed by atoms with Gasteiger partial charge >= 0.3 is 0 Å². The molecule has 4 rings (SSSR count). The Labute approximate surface area is 123 Å². The van der Waals surface area contributed by atoms with Crippen molar-refractivity contribution in [1.82, 2.24) is 19.6 Å². The van der Waals surface area contributed by atoms with Crippen molar-refractivity contribution < 1.29 is 0 Å². The van der Waals surface area contributed by atoms with Crippen LogP contribution in [0.4, 0.5) is 0 Å². The highest BCUT2D eigenvalue weighted by molar-refractivity contribution is 5.05. The van der Waals surface area contributed by atoms with Crippen LogP contribution in [-0.4, -0.2) is 96.1 Å². The zero-order valence-electron chi connectivity index (χ0n) is 13.3. The predicted octanol–water partition coefficient (Wildman–Crippen LogP) is 0.542. The monoisotopic (exact) mass is 278 g/mol. The molecular weight excluding hydrogens is 248 g/mol. The van der Waals surface area contributed by atoms with E-state index >= 15 is 0 Å². The lowest BCUT2D eigenvalue weighted by atomic mass is 9.99. The van der Waals surface area contributed by atoms with E-state index in [9.17, 15) is 0 Å². The van der Waals surface area contributed by atoms with E-state index in [4.69, 9.17) is 0 Å². The molecule has 2 atom stereocenters. The zero-order chi connectivity index (χ0) is 13.9. The van der Waals surface area contributed by atoms with Gasteiger partial charge in [0.2, 0.25) is 0 Å². The minimum atomic E-state index is 0.731. The molecule has 0 N–H and O–H groups in total. The van der Waals surface area contributed by atoms with Crippen molar-refractivity contribution in [2.45, 2.75) is 56.9 Å². The molecular formula is C16H30N4. The fourth-order valence-electron chi connectivity index (χ4n) is 4.86. The van der Waals surface area contributed by atoms with Crippen molar-refractivity contribution in [2.24, 2.45) is 0 Å². The van der Waals surface area contributed by atoms with Crippen molar-refractivity contribution in [3.63, 3.8) is 0 Å². The second-order valence-corrected chi connectivity index (χ2v) is 7.86. The Hall–Kier alpha value is -0.160. The largest absolute Gasteiger partial charge is 0.303 e. The van der Waals surface area contributed by atoms with Crippen molar-refractivity contribution in [3.05, 3.63) is 0 Å². The van der Waals surface area contributed by atoms with Gasteiger partial charge in [-0.2, -0.15) is 0 Å². The number of nitrogens with zero attached hydrogens (tertiary/aromatic N) is 4. The Bertz CT molecular complexity index is 345. The molecule has 0 aromatic carbocycles. The third-order valence-corrected chi connectivity index (χ3v) is 6.17. The minimum absolute atomic E-state index is 0.731. The number of fused-ring (bicyclic) bond motifs is 2. The van der Waals surface area contributed by atoms with Gasteiger partial charge in [-0.3, -0.25) is 14.7 Å². The van der Waals surface area contributed by atoms with E-state index in [0.717, 1.165) is 30.2 Å². The van der Waals surface area contributed by atoms with Crippen LogP contribution in [0.1, 0.15) is 26.7 Å². The lowest BCUT2D eigenvalue weighted by Gasteiger charge is -2.55. The van der Waals surface area contributed by atoms with Gasteiger partial charge in [-0.05, 0) is 33.7 Å². The van der Waals surface area contributed by atoms with Gasteiger partial charge in [-0.25, -0.2) is 0 Å².